The Bertz CT molecular complexity index is 1140. The lowest BCUT2D eigenvalue weighted by Gasteiger charge is -2.31. The quantitative estimate of drug-likeness (QED) is 0.605. The van der Waals surface area contributed by atoms with Crippen LogP contribution in [0.25, 0.3) is 10.3 Å². The molecule has 31 heavy (non-hydrogen) atoms. The van der Waals surface area contributed by atoms with Gasteiger partial charge in [0, 0.05) is 25.3 Å². The molecular formula is C21H24N6O3S. The minimum atomic E-state index is -0.306. The minimum Gasteiger partial charge on any atom is -0.356 e. The summed E-state index contributed by atoms with van der Waals surface area (Å²) >= 11 is 1.26. The van der Waals surface area contributed by atoms with E-state index in [1.165, 1.54) is 22.2 Å². The molecule has 0 bridgehead atoms. The summed E-state index contributed by atoms with van der Waals surface area (Å²) in [5.41, 5.74) is 0.737. The van der Waals surface area contributed by atoms with Crippen LogP contribution in [0.1, 0.15) is 19.8 Å². The number of carbonyl (C=O) groups is 2. The number of rotatable bonds is 6. The Hall–Kier alpha value is -3.27. The SMILES string of the molecule is CCNC(=O)[C@@H]1CCCN(c2nc3ncn(CC(=O)Nc4ccccc4)c(=O)c3s2)C1. The van der Waals surface area contributed by atoms with Crippen molar-refractivity contribution < 1.29 is 9.59 Å². The monoisotopic (exact) mass is 440 g/mol. The summed E-state index contributed by atoms with van der Waals surface area (Å²) in [5.74, 6) is -0.342. The average Bonchev–Trinajstić information content (AvgIpc) is 3.22. The summed E-state index contributed by atoms with van der Waals surface area (Å²) in [6.45, 7) is 3.73. The van der Waals surface area contributed by atoms with Gasteiger partial charge in [-0.1, -0.05) is 29.5 Å². The summed E-state index contributed by atoms with van der Waals surface area (Å²) in [6, 6.07) is 9.07. The van der Waals surface area contributed by atoms with Crippen molar-refractivity contribution in [2.75, 3.05) is 29.9 Å². The van der Waals surface area contributed by atoms with E-state index in [0.717, 1.165) is 19.4 Å². The molecule has 10 heteroatoms. The first-order valence-electron chi connectivity index (χ1n) is 10.3. The van der Waals surface area contributed by atoms with Gasteiger partial charge in [-0.3, -0.25) is 19.0 Å². The van der Waals surface area contributed by atoms with Crippen molar-refractivity contribution in [3.63, 3.8) is 0 Å². The summed E-state index contributed by atoms with van der Waals surface area (Å²) in [4.78, 5) is 48.3. The van der Waals surface area contributed by atoms with E-state index in [1.807, 2.05) is 30.0 Å². The Morgan fingerprint density at radius 3 is 2.84 bits per heavy atom. The van der Waals surface area contributed by atoms with Gasteiger partial charge in [0.1, 0.15) is 17.6 Å². The molecular weight excluding hydrogens is 416 g/mol. The lowest BCUT2D eigenvalue weighted by atomic mass is 9.97. The number of fused-ring (bicyclic) bond motifs is 1. The third-order valence-electron chi connectivity index (χ3n) is 5.16. The number of nitrogens with one attached hydrogen (secondary N) is 2. The number of para-hydroxylation sites is 1. The van der Waals surface area contributed by atoms with Gasteiger partial charge in [-0.2, -0.15) is 4.98 Å². The number of anilines is 2. The summed E-state index contributed by atoms with van der Waals surface area (Å²) < 4.78 is 1.70. The molecule has 0 unspecified atom stereocenters. The number of carbonyl (C=O) groups excluding carboxylic acids is 2. The fraction of sp³-hybridized carbons (Fsp3) is 0.381. The Morgan fingerprint density at radius 1 is 1.26 bits per heavy atom. The first-order valence-corrected chi connectivity index (χ1v) is 11.1. The van der Waals surface area contributed by atoms with Crippen molar-refractivity contribution in [1.29, 1.82) is 0 Å². The molecule has 1 aromatic carbocycles. The van der Waals surface area contributed by atoms with Crippen molar-refractivity contribution >= 4 is 44.3 Å². The van der Waals surface area contributed by atoms with Crippen LogP contribution in [0.3, 0.4) is 0 Å². The van der Waals surface area contributed by atoms with E-state index in [0.29, 0.717) is 34.3 Å². The van der Waals surface area contributed by atoms with Crippen LogP contribution in [0.15, 0.2) is 41.5 Å². The largest absolute Gasteiger partial charge is 0.356 e. The molecule has 2 aromatic heterocycles. The molecule has 1 atom stereocenters. The summed E-state index contributed by atoms with van der Waals surface area (Å²) in [5, 5.41) is 6.32. The molecule has 0 aliphatic carbocycles. The normalized spacial score (nSPS) is 16.3. The fourth-order valence-corrected chi connectivity index (χ4v) is 4.65. The molecule has 0 radical (unpaired) electrons. The van der Waals surface area contributed by atoms with Gasteiger partial charge in [0.25, 0.3) is 5.56 Å². The molecule has 0 saturated carbocycles. The van der Waals surface area contributed by atoms with E-state index >= 15 is 0 Å². The van der Waals surface area contributed by atoms with Crippen molar-refractivity contribution in [3.05, 3.63) is 47.0 Å². The van der Waals surface area contributed by atoms with Crippen LogP contribution < -0.4 is 21.1 Å². The fourth-order valence-electron chi connectivity index (χ4n) is 3.64. The predicted molar refractivity (Wildman–Crippen MR) is 120 cm³/mol. The molecule has 2 N–H and O–H groups in total. The number of nitrogens with zero attached hydrogens (tertiary/aromatic N) is 4. The van der Waals surface area contributed by atoms with Crippen LogP contribution in [0.5, 0.6) is 0 Å². The molecule has 0 spiro atoms. The third-order valence-corrected chi connectivity index (χ3v) is 6.25. The van der Waals surface area contributed by atoms with Crippen LogP contribution in [0, 0.1) is 5.92 Å². The van der Waals surface area contributed by atoms with E-state index in [9.17, 15) is 14.4 Å². The number of aromatic nitrogens is 3. The van der Waals surface area contributed by atoms with Gasteiger partial charge in [0.05, 0.1) is 5.92 Å². The topological polar surface area (TPSA) is 109 Å². The van der Waals surface area contributed by atoms with E-state index in [2.05, 4.69) is 20.6 Å². The minimum absolute atomic E-state index is 0.0539. The molecule has 1 saturated heterocycles. The second-order valence-electron chi connectivity index (χ2n) is 7.42. The predicted octanol–water partition coefficient (Wildman–Crippen LogP) is 1.84. The van der Waals surface area contributed by atoms with Gasteiger partial charge < -0.3 is 15.5 Å². The van der Waals surface area contributed by atoms with Crippen LogP contribution in [-0.4, -0.2) is 46.0 Å². The van der Waals surface area contributed by atoms with Crippen molar-refractivity contribution in [2.45, 2.75) is 26.3 Å². The molecule has 4 rings (SSSR count). The summed E-state index contributed by atoms with van der Waals surface area (Å²) in [6.07, 6.45) is 3.08. The second-order valence-corrected chi connectivity index (χ2v) is 8.40. The maximum absolute atomic E-state index is 12.9. The molecule has 9 nitrogen and oxygen atoms in total. The molecule has 2 amide bonds. The highest BCUT2D eigenvalue weighted by Gasteiger charge is 2.27. The molecule has 1 aliphatic heterocycles. The maximum atomic E-state index is 12.9. The number of hydrogen-bond acceptors (Lipinski definition) is 7. The molecule has 3 heterocycles. The lowest BCUT2D eigenvalue weighted by molar-refractivity contribution is -0.125. The third kappa shape index (κ3) is 4.74. The van der Waals surface area contributed by atoms with Crippen LogP contribution >= 0.6 is 11.3 Å². The van der Waals surface area contributed by atoms with Gasteiger partial charge in [-0.15, -0.1) is 0 Å². The molecule has 3 aromatic rings. The Labute approximate surface area is 183 Å². The highest BCUT2D eigenvalue weighted by atomic mass is 32.1. The number of benzene rings is 1. The van der Waals surface area contributed by atoms with Gasteiger partial charge in [0.2, 0.25) is 11.8 Å². The van der Waals surface area contributed by atoms with Crippen molar-refractivity contribution in [3.8, 4) is 0 Å². The van der Waals surface area contributed by atoms with Crippen LogP contribution in [0.4, 0.5) is 10.8 Å². The zero-order chi connectivity index (χ0) is 21.8. The van der Waals surface area contributed by atoms with Gasteiger partial charge >= 0.3 is 0 Å². The molecule has 1 fully saturated rings. The van der Waals surface area contributed by atoms with Crippen LogP contribution in [0.2, 0.25) is 0 Å². The van der Waals surface area contributed by atoms with Crippen molar-refractivity contribution in [2.24, 2.45) is 5.92 Å². The van der Waals surface area contributed by atoms with E-state index in [1.54, 1.807) is 12.1 Å². The van der Waals surface area contributed by atoms with Gasteiger partial charge in [-0.25, -0.2) is 4.98 Å². The average molecular weight is 441 g/mol. The number of piperidine rings is 1. The number of hydrogen-bond donors (Lipinski definition) is 2. The van der Waals surface area contributed by atoms with E-state index in [-0.39, 0.29) is 29.8 Å². The Balaban J connectivity index is 1.51. The lowest BCUT2D eigenvalue weighted by Crippen LogP contribution is -2.43. The highest BCUT2D eigenvalue weighted by Crippen LogP contribution is 2.29. The Morgan fingerprint density at radius 2 is 2.06 bits per heavy atom. The second kappa shape index (κ2) is 9.25. The number of amides is 2. The highest BCUT2D eigenvalue weighted by molar-refractivity contribution is 7.22. The standard InChI is InChI=1S/C21H24N6O3S/c1-2-22-19(29)14-7-6-10-26(11-14)21-25-18-17(31-21)20(30)27(13-23-18)12-16(28)24-15-8-4-3-5-9-15/h3-5,8-9,13-14H,2,6-7,10-12H2,1H3,(H,22,29)(H,24,28)/t14-/m1/s1. The summed E-state index contributed by atoms with van der Waals surface area (Å²) in [7, 11) is 0. The Kier molecular flexibility index (Phi) is 6.26. The van der Waals surface area contributed by atoms with Gasteiger partial charge in [0.15, 0.2) is 10.8 Å². The zero-order valence-corrected chi connectivity index (χ0v) is 18.0. The zero-order valence-electron chi connectivity index (χ0n) is 17.2. The maximum Gasteiger partial charge on any atom is 0.273 e. The molecule has 162 valence electrons. The van der Waals surface area contributed by atoms with E-state index < -0.39 is 0 Å². The first kappa shape index (κ1) is 21.0. The van der Waals surface area contributed by atoms with Crippen molar-refractivity contribution in [1.82, 2.24) is 19.9 Å². The van der Waals surface area contributed by atoms with E-state index in [4.69, 9.17) is 0 Å². The smallest absolute Gasteiger partial charge is 0.273 e. The number of thiazole rings is 1. The first-order chi connectivity index (χ1) is 15.0. The van der Waals surface area contributed by atoms with Gasteiger partial charge in [-0.05, 0) is 31.9 Å². The van der Waals surface area contributed by atoms with Crippen LogP contribution in [-0.2, 0) is 16.1 Å². The molecule has 1 aliphatic rings.